The Balaban J connectivity index is 2.54. The van der Waals surface area contributed by atoms with Crippen LogP contribution >= 0.6 is 11.8 Å². The summed E-state index contributed by atoms with van der Waals surface area (Å²) in [6, 6.07) is 10.7. The molecule has 1 unspecified atom stereocenters. The second-order valence-electron chi connectivity index (χ2n) is 5.10. The predicted octanol–water partition coefficient (Wildman–Crippen LogP) is 2.63. The van der Waals surface area contributed by atoms with Gasteiger partial charge in [-0.2, -0.15) is 11.8 Å². The van der Waals surface area contributed by atoms with Crippen LogP contribution in [0.1, 0.15) is 18.9 Å². The van der Waals surface area contributed by atoms with E-state index in [1.807, 2.05) is 11.8 Å². The van der Waals surface area contributed by atoms with E-state index in [0.29, 0.717) is 6.54 Å². The van der Waals surface area contributed by atoms with Gasteiger partial charge in [0.25, 0.3) is 0 Å². The van der Waals surface area contributed by atoms with Gasteiger partial charge in [-0.3, -0.25) is 4.90 Å². The molecule has 2 nitrogen and oxygen atoms in total. The van der Waals surface area contributed by atoms with Gasteiger partial charge in [0.05, 0.1) is 0 Å². The van der Waals surface area contributed by atoms with Crippen LogP contribution in [0.4, 0.5) is 0 Å². The molecule has 0 aliphatic heterocycles. The molecule has 2 N–H and O–H groups in total. The Kier molecular flexibility index (Phi) is 6.76. The molecule has 0 aliphatic carbocycles. The first kappa shape index (κ1) is 15.5. The predicted molar refractivity (Wildman–Crippen MR) is 83.2 cm³/mol. The van der Waals surface area contributed by atoms with Crippen molar-refractivity contribution in [2.45, 2.75) is 25.3 Å². The SMILES string of the molecule is CSCCN(C)C(C)(CN)CCc1ccccc1. The lowest BCUT2D eigenvalue weighted by atomic mass is 9.92. The van der Waals surface area contributed by atoms with E-state index in [0.717, 1.165) is 25.1 Å². The Labute approximate surface area is 116 Å². The summed E-state index contributed by atoms with van der Waals surface area (Å²) in [5.74, 6) is 1.16. The van der Waals surface area contributed by atoms with Crippen molar-refractivity contribution in [1.29, 1.82) is 0 Å². The van der Waals surface area contributed by atoms with Gasteiger partial charge in [0, 0.05) is 24.4 Å². The topological polar surface area (TPSA) is 29.3 Å². The van der Waals surface area contributed by atoms with Gasteiger partial charge in [0.2, 0.25) is 0 Å². The third-order valence-corrected chi connectivity index (χ3v) is 4.38. The maximum atomic E-state index is 6.00. The van der Waals surface area contributed by atoms with Crippen LogP contribution in [0, 0.1) is 0 Å². The summed E-state index contributed by atoms with van der Waals surface area (Å²) in [7, 11) is 2.19. The first-order chi connectivity index (χ1) is 8.62. The van der Waals surface area contributed by atoms with Gasteiger partial charge in [0.1, 0.15) is 0 Å². The summed E-state index contributed by atoms with van der Waals surface area (Å²) < 4.78 is 0. The van der Waals surface area contributed by atoms with E-state index in [1.54, 1.807) is 0 Å². The van der Waals surface area contributed by atoms with Crippen LogP contribution in [0.25, 0.3) is 0 Å². The fourth-order valence-electron chi connectivity index (χ4n) is 2.01. The van der Waals surface area contributed by atoms with E-state index in [1.165, 1.54) is 5.56 Å². The number of nitrogens with zero attached hydrogens (tertiary/aromatic N) is 1. The first-order valence-corrected chi connectivity index (χ1v) is 7.96. The first-order valence-electron chi connectivity index (χ1n) is 6.56. The lowest BCUT2D eigenvalue weighted by molar-refractivity contribution is 0.143. The Morgan fingerprint density at radius 3 is 2.50 bits per heavy atom. The molecule has 3 heteroatoms. The molecule has 1 aromatic rings. The van der Waals surface area contributed by atoms with Gasteiger partial charge in [-0.25, -0.2) is 0 Å². The minimum atomic E-state index is 0.103. The lowest BCUT2D eigenvalue weighted by Crippen LogP contribution is -2.50. The number of hydrogen-bond donors (Lipinski definition) is 1. The van der Waals surface area contributed by atoms with E-state index in [2.05, 4.69) is 55.5 Å². The molecular weight excluding hydrogens is 240 g/mol. The number of aryl methyl sites for hydroxylation is 1. The van der Waals surface area contributed by atoms with Crippen LogP contribution in [0.15, 0.2) is 30.3 Å². The number of hydrogen-bond acceptors (Lipinski definition) is 3. The van der Waals surface area contributed by atoms with E-state index < -0.39 is 0 Å². The largest absolute Gasteiger partial charge is 0.329 e. The fourth-order valence-corrected chi connectivity index (χ4v) is 2.46. The van der Waals surface area contributed by atoms with Crippen molar-refractivity contribution in [2.24, 2.45) is 5.73 Å². The Morgan fingerprint density at radius 1 is 1.28 bits per heavy atom. The van der Waals surface area contributed by atoms with Crippen molar-refractivity contribution in [1.82, 2.24) is 4.90 Å². The number of rotatable bonds is 8. The third kappa shape index (κ3) is 4.63. The Bertz CT molecular complexity index is 329. The van der Waals surface area contributed by atoms with Crippen molar-refractivity contribution in [3.8, 4) is 0 Å². The van der Waals surface area contributed by atoms with Crippen LogP contribution in [0.3, 0.4) is 0 Å². The molecule has 1 aromatic carbocycles. The maximum Gasteiger partial charge on any atom is 0.0304 e. The summed E-state index contributed by atoms with van der Waals surface area (Å²) in [5.41, 5.74) is 7.50. The van der Waals surface area contributed by atoms with Gasteiger partial charge in [-0.1, -0.05) is 30.3 Å². The summed E-state index contributed by atoms with van der Waals surface area (Å²) >= 11 is 1.89. The van der Waals surface area contributed by atoms with Crippen molar-refractivity contribution in [3.05, 3.63) is 35.9 Å². The highest BCUT2D eigenvalue weighted by Gasteiger charge is 2.26. The summed E-state index contributed by atoms with van der Waals surface area (Å²) in [4.78, 5) is 2.41. The zero-order valence-corrected chi connectivity index (χ0v) is 12.7. The minimum absolute atomic E-state index is 0.103. The number of nitrogens with two attached hydrogens (primary N) is 1. The van der Waals surface area contributed by atoms with Crippen LogP contribution in [-0.2, 0) is 6.42 Å². The molecule has 0 amide bonds. The second-order valence-corrected chi connectivity index (χ2v) is 6.09. The van der Waals surface area contributed by atoms with Gasteiger partial charge in [-0.05, 0) is 38.6 Å². The average molecular weight is 266 g/mol. The summed E-state index contributed by atoms with van der Waals surface area (Å²) in [5, 5.41) is 0. The highest BCUT2D eigenvalue weighted by atomic mass is 32.2. The molecule has 18 heavy (non-hydrogen) atoms. The molecule has 0 aliphatic rings. The number of benzene rings is 1. The zero-order valence-electron chi connectivity index (χ0n) is 11.9. The second kappa shape index (κ2) is 7.82. The van der Waals surface area contributed by atoms with Crippen molar-refractivity contribution in [2.75, 3.05) is 32.1 Å². The van der Waals surface area contributed by atoms with E-state index >= 15 is 0 Å². The average Bonchev–Trinajstić information content (AvgIpc) is 2.43. The van der Waals surface area contributed by atoms with E-state index in [-0.39, 0.29) is 5.54 Å². The highest BCUT2D eigenvalue weighted by molar-refractivity contribution is 7.98. The molecule has 1 atom stereocenters. The zero-order chi connectivity index (χ0) is 13.4. The monoisotopic (exact) mass is 266 g/mol. The summed E-state index contributed by atoms with van der Waals surface area (Å²) in [6.07, 6.45) is 4.36. The lowest BCUT2D eigenvalue weighted by Gasteiger charge is -2.38. The normalized spacial score (nSPS) is 14.7. The quantitative estimate of drug-likeness (QED) is 0.784. The molecule has 0 heterocycles. The Hall–Kier alpha value is -0.510. The van der Waals surface area contributed by atoms with E-state index in [9.17, 15) is 0 Å². The fraction of sp³-hybridized carbons (Fsp3) is 0.600. The van der Waals surface area contributed by atoms with Gasteiger partial charge < -0.3 is 5.73 Å². The highest BCUT2D eigenvalue weighted by Crippen LogP contribution is 2.20. The standard InChI is InChI=1S/C15H26N2S/c1-15(13-16,17(2)11-12-18-3)10-9-14-7-5-4-6-8-14/h4-8H,9-13,16H2,1-3H3. The van der Waals surface area contributed by atoms with Gasteiger partial charge in [-0.15, -0.1) is 0 Å². The van der Waals surface area contributed by atoms with Crippen LogP contribution in [-0.4, -0.2) is 42.6 Å². The molecule has 0 saturated carbocycles. The van der Waals surface area contributed by atoms with Crippen LogP contribution in [0.5, 0.6) is 0 Å². The van der Waals surface area contributed by atoms with Crippen molar-refractivity contribution < 1.29 is 0 Å². The summed E-state index contributed by atoms with van der Waals surface area (Å²) in [6.45, 7) is 4.09. The van der Waals surface area contributed by atoms with Crippen LogP contribution in [0.2, 0.25) is 0 Å². The number of thioether (sulfide) groups is 1. The third-order valence-electron chi connectivity index (χ3n) is 3.79. The molecule has 0 saturated heterocycles. The van der Waals surface area contributed by atoms with E-state index in [4.69, 9.17) is 5.73 Å². The molecule has 0 aromatic heterocycles. The van der Waals surface area contributed by atoms with Crippen molar-refractivity contribution in [3.63, 3.8) is 0 Å². The van der Waals surface area contributed by atoms with Crippen molar-refractivity contribution >= 4 is 11.8 Å². The molecule has 0 fully saturated rings. The molecular formula is C15H26N2S. The number of likely N-dealkylation sites (N-methyl/N-ethyl adjacent to an activating group) is 1. The van der Waals surface area contributed by atoms with Gasteiger partial charge in [0.15, 0.2) is 0 Å². The smallest absolute Gasteiger partial charge is 0.0304 e. The molecule has 1 rings (SSSR count). The van der Waals surface area contributed by atoms with Crippen LogP contribution < -0.4 is 5.73 Å². The molecule has 102 valence electrons. The van der Waals surface area contributed by atoms with Gasteiger partial charge >= 0.3 is 0 Å². The minimum Gasteiger partial charge on any atom is -0.329 e. The molecule has 0 spiro atoms. The molecule has 0 bridgehead atoms. The Morgan fingerprint density at radius 2 is 1.94 bits per heavy atom. The maximum absolute atomic E-state index is 6.00. The molecule has 0 radical (unpaired) electrons.